The predicted octanol–water partition coefficient (Wildman–Crippen LogP) is 1.23. The first-order valence-electron chi connectivity index (χ1n) is 4.54. The van der Waals surface area contributed by atoms with E-state index in [2.05, 4.69) is 11.4 Å². The number of allylic oxidation sites excluding steroid dienone is 3. The van der Waals surface area contributed by atoms with Crippen LogP contribution in [0.1, 0.15) is 19.8 Å². The highest BCUT2D eigenvalue weighted by Crippen LogP contribution is 2.08. The fourth-order valence-corrected chi connectivity index (χ4v) is 1.39. The van der Waals surface area contributed by atoms with E-state index in [1.54, 1.807) is 0 Å². The zero-order valence-electron chi connectivity index (χ0n) is 7.53. The third-order valence-electron chi connectivity index (χ3n) is 2.06. The standard InChI is InChI=1S/C10H17NO/c1-2-3-4-5-9-8-10(12)6-7-11-9/h2-5,9-12H,6-8H2,1H3/b3-2+,5-4+/t9-,10-/m1/s1. The Morgan fingerprint density at radius 1 is 1.42 bits per heavy atom. The molecule has 0 aliphatic carbocycles. The minimum Gasteiger partial charge on any atom is -0.393 e. The van der Waals surface area contributed by atoms with Crippen molar-refractivity contribution in [3.05, 3.63) is 24.3 Å². The molecule has 1 fully saturated rings. The lowest BCUT2D eigenvalue weighted by atomic mass is 10.0. The van der Waals surface area contributed by atoms with Gasteiger partial charge in [-0.3, -0.25) is 0 Å². The predicted molar refractivity (Wildman–Crippen MR) is 51.0 cm³/mol. The van der Waals surface area contributed by atoms with Gasteiger partial charge in [-0.25, -0.2) is 0 Å². The minimum atomic E-state index is -0.119. The maximum atomic E-state index is 9.34. The van der Waals surface area contributed by atoms with Crippen molar-refractivity contribution in [1.29, 1.82) is 0 Å². The molecule has 68 valence electrons. The Balaban J connectivity index is 2.31. The number of aliphatic hydroxyl groups is 1. The van der Waals surface area contributed by atoms with Crippen LogP contribution < -0.4 is 5.32 Å². The van der Waals surface area contributed by atoms with E-state index in [-0.39, 0.29) is 6.10 Å². The molecule has 1 heterocycles. The molecule has 0 bridgehead atoms. The molecule has 2 heteroatoms. The first-order valence-corrected chi connectivity index (χ1v) is 4.54. The number of rotatable bonds is 2. The van der Waals surface area contributed by atoms with E-state index in [0.717, 1.165) is 19.4 Å². The lowest BCUT2D eigenvalue weighted by molar-refractivity contribution is 0.125. The summed E-state index contributed by atoms with van der Waals surface area (Å²) in [7, 11) is 0. The molecule has 1 aliphatic heterocycles. The van der Waals surface area contributed by atoms with E-state index in [9.17, 15) is 5.11 Å². The molecule has 2 nitrogen and oxygen atoms in total. The van der Waals surface area contributed by atoms with E-state index < -0.39 is 0 Å². The first-order chi connectivity index (χ1) is 5.83. The minimum absolute atomic E-state index is 0.119. The fourth-order valence-electron chi connectivity index (χ4n) is 1.39. The van der Waals surface area contributed by atoms with Gasteiger partial charge in [0.25, 0.3) is 0 Å². The molecule has 0 amide bonds. The third-order valence-corrected chi connectivity index (χ3v) is 2.06. The summed E-state index contributed by atoms with van der Waals surface area (Å²) in [4.78, 5) is 0. The molecular formula is C10H17NO. The smallest absolute Gasteiger partial charge is 0.0570 e. The molecule has 12 heavy (non-hydrogen) atoms. The molecule has 0 saturated carbocycles. The quantitative estimate of drug-likeness (QED) is 0.606. The Bertz CT molecular complexity index is 175. The van der Waals surface area contributed by atoms with Crippen molar-refractivity contribution in [2.24, 2.45) is 0 Å². The van der Waals surface area contributed by atoms with Crippen LogP contribution in [0.15, 0.2) is 24.3 Å². The van der Waals surface area contributed by atoms with Crippen LogP contribution >= 0.6 is 0 Å². The van der Waals surface area contributed by atoms with Crippen LogP contribution in [0.2, 0.25) is 0 Å². The van der Waals surface area contributed by atoms with Gasteiger partial charge in [-0.2, -0.15) is 0 Å². The van der Waals surface area contributed by atoms with E-state index in [0.29, 0.717) is 6.04 Å². The van der Waals surface area contributed by atoms with Crippen molar-refractivity contribution in [2.45, 2.75) is 31.9 Å². The summed E-state index contributed by atoms with van der Waals surface area (Å²) in [5.74, 6) is 0. The molecule has 0 aromatic heterocycles. The summed E-state index contributed by atoms with van der Waals surface area (Å²) < 4.78 is 0. The zero-order chi connectivity index (χ0) is 8.81. The monoisotopic (exact) mass is 167 g/mol. The van der Waals surface area contributed by atoms with Gasteiger partial charge in [0.05, 0.1) is 6.10 Å². The van der Waals surface area contributed by atoms with Crippen molar-refractivity contribution >= 4 is 0 Å². The summed E-state index contributed by atoms with van der Waals surface area (Å²) in [6.07, 6.45) is 9.73. The summed E-state index contributed by atoms with van der Waals surface area (Å²) >= 11 is 0. The molecular weight excluding hydrogens is 150 g/mol. The van der Waals surface area contributed by atoms with Crippen LogP contribution in [-0.4, -0.2) is 23.8 Å². The van der Waals surface area contributed by atoms with Gasteiger partial charge in [-0.15, -0.1) is 0 Å². The van der Waals surface area contributed by atoms with Crippen LogP contribution in [0.3, 0.4) is 0 Å². The topological polar surface area (TPSA) is 32.3 Å². The maximum absolute atomic E-state index is 9.34. The van der Waals surface area contributed by atoms with Crippen molar-refractivity contribution in [3.8, 4) is 0 Å². The highest BCUT2D eigenvalue weighted by Gasteiger charge is 2.16. The van der Waals surface area contributed by atoms with Gasteiger partial charge in [0.15, 0.2) is 0 Å². The molecule has 0 unspecified atom stereocenters. The van der Waals surface area contributed by atoms with Gasteiger partial charge in [-0.05, 0) is 26.3 Å². The van der Waals surface area contributed by atoms with Gasteiger partial charge >= 0.3 is 0 Å². The highest BCUT2D eigenvalue weighted by atomic mass is 16.3. The van der Waals surface area contributed by atoms with Crippen molar-refractivity contribution in [1.82, 2.24) is 5.32 Å². The zero-order valence-corrected chi connectivity index (χ0v) is 7.53. The van der Waals surface area contributed by atoms with Crippen molar-refractivity contribution < 1.29 is 5.11 Å². The lowest BCUT2D eigenvalue weighted by Gasteiger charge is -2.24. The maximum Gasteiger partial charge on any atom is 0.0570 e. The number of hydrogen-bond acceptors (Lipinski definition) is 2. The summed E-state index contributed by atoms with van der Waals surface area (Å²) in [5, 5.41) is 12.7. The SMILES string of the molecule is C/C=C/C=C/[C@@H]1C[C@H](O)CCN1. The van der Waals surface area contributed by atoms with E-state index in [1.807, 2.05) is 25.2 Å². The summed E-state index contributed by atoms with van der Waals surface area (Å²) in [6, 6.07) is 0.352. The number of hydrogen-bond donors (Lipinski definition) is 2. The van der Waals surface area contributed by atoms with Crippen molar-refractivity contribution in [2.75, 3.05) is 6.54 Å². The molecule has 2 atom stereocenters. The van der Waals surface area contributed by atoms with Crippen LogP contribution in [-0.2, 0) is 0 Å². The molecule has 0 radical (unpaired) electrons. The first kappa shape index (κ1) is 9.49. The molecule has 2 N–H and O–H groups in total. The van der Waals surface area contributed by atoms with Gasteiger partial charge in [0, 0.05) is 6.04 Å². The van der Waals surface area contributed by atoms with Crippen LogP contribution in [0.5, 0.6) is 0 Å². The molecule has 1 aliphatic rings. The normalized spacial score (nSPS) is 31.8. The van der Waals surface area contributed by atoms with E-state index in [4.69, 9.17) is 0 Å². The molecule has 0 spiro atoms. The average Bonchev–Trinajstić information content (AvgIpc) is 2.05. The summed E-state index contributed by atoms with van der Waals surface area (Å²) in [6.45, 7) is 2.92. The number of aliphatic hydroxyl groups excluding tert-OH is 1. The van der Waals surface area contributed by atoms with Gasteiger partial charge in [0.2, 0.25) is 0 Å². The van der Waals surface area contributed by atoms with Crippen LogP contribution in [0.25, 0.3) is 0 Å². The number of piperidine rings is 1. The van der Waals surface area contributed by atoms with Crippen LogP contribution in [0.4, 0.5) is 0 Å². The largest absolute Gasteiger partial charge is 0.393 e. The van der Waals surface area contributed by atoms with E-state index in [1.165, 1.54) is 0 Å². The molecule has 0 aromatic rings. The second-order valence-electron chi connectivity index (χ2n) is 3.15. The Morgan fingerprint density at radius 2 is 2.25 bits per heavy atom. The molecule has 1 saturated heterocycles. The molecule has 1 rings (SSSR count). The Hall–Kier alpha value is -0.600. The summed E-state index contributed by atoms with van der Waals surface area (Å²) in [5.41, 5.74) is 0. The second kappa shape index (κ2) is 5.12. The fraction of sp³-hybridized carbons (Fsp3) is 0.600. The Morgan fingerprint density at radius 3 is 2.92 bits per heavy atom. The van der Waals surface area contributed by atoms with Gasteiger partial charge in [0.1, 0.15) is 0 Å². The van der Waals surface area contributed by atoms with Crippen LogP contribution in [0, 0.1) is 0 Å². The van der Waals surface area contributed by atoms with Crippen molar-refractivity contribution in [3.63, 3.8) is 0 Å². The Kier molecular flexibility index (Phi) is 4.05. The number of nitrogens with one attached hydrogen (secondary N) is 1. The third kappa shape index (κ3) is 3.20. The highest BCUT2D eigenvalue weighted by molar-refractivity contribution is 5.06. The van der Waals surface area contributed by atoms with Gasteiger partial charge < -0.3 is 10.4 Å². The molecule has 0 aromatic carbocycles. The lowest BCUT2D eigenvalue weighted by Crippen LogP contribution is -2.38. The Labute approximate surface area is 74.0 Å². The average molecular weight is 167 g/mol. The van der Waals surface area contributed by atoms with Gasteiger partial charge in [-0.1, -0.05) is 24.3 Å². The van der Waals surface area contributed by atoms with E-state index >= 15 is 0 Å². The second-order valence-corrected chi connectivity index (χ2v) is 3.15.